The Labute approximate surface area is 224 Å². The first-order valence-corrected chi connectivity index (χ1v) is 13.8. The van der Waals surface area contributed by atoms with Gasteiger partial charge in [0.25, 0.3) is 5.56 Å². The molecule has 1 aliphatic carbocycles. The Morgan fingerprint density at radius 1 is 0.947 bits per heavy atom. The van der Waals surface area contributed by atoms with Crippen molar-refractivity contribution in [2.24, 2.45) is 0 Å². The van der Waals surface area contributed by atoms with Gasteiger partial charge in [0.05, 0.1) is 30.4 Å². The summed E-state index contributed by atoms with van der Waals surface area (Å²) in [7, 11) is 0. The molecule has 3 heterocycles. The number of aromatic nitrogens is 5. The molecule has 5 rings (SSSR count). The van der Waals surface area contributed by atoms with Crippen molar-refractivity contribution in [2.45, 2.75) is 71.1 Å². The minimum Gasteiger partial charge on any atom is -0.491 e. The summed E-state index contributed by atoms with van der Waals surface area (Å²) in [5.74, 6) is 1.97. The van der Waals surface area contributed by atoms with Crippen LogP contribution in [0.2, 0.25) is 0 Å². The van der Waals surface area contributed by atoms with Gasteiger partial charge < -0.3 is 4.74 Å². The molecule has 3 aromatic heterocycles. The minimum atomic E-state index is -0.0794. The molecule has 0 bridgehead atoms. The highest BCUT2D eigenvalue weighted by atomic mass is 16.5. The lowest BCUT2D eigenvalue weighted by atomic mass is 10.0. The van der Waals surface area contributed by atoms with E-state index in [0.29, 0.717) is 30.3 Å². The van der Waals surface area contributed by atoms with Crippen LogP contribution in [0.5, 0.6) is 5.75 Å². The molecule has 1 aliphatic rings. The molecule has 0 spiro atoms. The molecule has 1 aromatic carbocycles. The quantitative estimate of drug-likeness (QED) is 0.258. The Bertz CT molecular complexity index is 1390. The van der Waals surface area contributed by atoms with Gasteiger partial charge in [-0.15, -0.1) is 0 Å². The van der Waals surface area contributed by atoms with E-state index in [4.69, 9.17) is 9.72 Å². The predicted molar refractivity (Wildman–Crippen MR) is 149 cm³/mol. The second-order valence-corrected chi connectivity index (χ2v) is 9.87. The summed E-state index contributed by atoms with van der Waals surface area (Å²) in [5.41, 5.74) is 4.48. The Morgan fingerprint density at radius 2 is 1.71 bits per heavy atom. The van der Waals surface area contributed by atoms with Crippen LogP contribution >= 0.6 is 0 Å². The maximum Gasteiger partial charge on any atom is 0.264 e. The largest absolute Gasteiger partial charge is 0.491 e. The van der Waals surface area contributed by atoms with Gasteiger partial charge in [-0.2, -0.15) is 0 Å². The molecular formula is C31H35N5O2. The molecule has 7 nitrogen and oxygen atoms in total. The highest BCUT2D eigenvalue weighted by molar-refractivity contribution is 5.58. The van der Waals surface area contributed by atoms with Crippen molar-refractivity contribution in [3.63, 3.8) is 0 Å². The number of hydrogen-bond acceptors (Lipinski definition) is 6. The molecule has 1 fully saturated rings. The molecule has 7 heteroatoms. The maximum atomic E-state index is 14.2. The van der Waals surface area contributed by atoms with Gasteiger partial charge in [-0.05, 0) is 44.2 Å². The Balaban J connectivity index is 1.57. The second kappa shape index (κ2) is 12.1. The zero-order valence-corrected chi connectivity index (χ0v) is 22.3. The summed E-state index contributed by atoms with van der Waals surface area (Å²) in [6, 6.07) is 14.2. The molecule has 0 radical (unpaired) electrons. The Kier molecular flexibility index (Phi) is 8.22. The number of hydrogen-bond donors (Lipinski definition) is 0. The third-order valence-corrected chi connectivity index (χ3v) is 7.18. The summed E-state index contributed by atoms with van der Waals surface area (Å²) < 4.78 is 7.18. The van der Waals surface area contributed by atoms with Gasteiger partial charge in [0.1, 0.15) is 5.82 Å². The molecule has 0 saturated heterocycles. The minimum absolute atomic E-state index is 0.0794. The summed E-state index contributed by atoms with van der Waals surface area (Å²) in [4.78, 5) is 33.1. The smallest absolute Gasteiger partial charge is 0.264 e. The van der Waals surface area contributed by atoms with E-state index in [1.54, 1.807) is 17.0 Å². The molecule has 4 aromatic rings. The van der Waals surface area contributed by atoms with E-state index < -0.39 is 0 Å². The van der Waals surface area contributed by atoms with Gasteiger partial charge in [-0.3, -0.25) is 9.78 Å². The summed E-state index contributed by atoms with van der Waals surface area (Å²) >= 11 is 0. The molecule has 0 N–H and O–H groups in total. The fraction of sp³-hybridized carbons (Fsp3) is 0.387. The van der Waals surface area contributed by atoms with Crippen LogP contribution < -0.4 is 10.3 Å². The predicted octanol–water partition coefficient (Wildman–Crippen LogP) is 6.07. The Hall–Kier alpha value is -3.87. The monoisotopic (exact) mass is 509 g/mol. The van der Waals surface area contributed by atoms with Crippen LogP contribution in [0, 0.1) is 0 Å². The zero-order chi connectivity index (χ0) is 26.3. The molecule has 38 heavy (non-hydrogen) atoms. The van der Waals surface area contributed by atoms with Crippen LogP contribution in [0.15, 0.2) is 65.8 Å². The highest BCUT2D eigenvalue weighted by Crippen LogP contribution is 2.34. The Morgan fingerprint density at radius 3 is 2.37 bits per heavy atom. The van der Waals surface area contributed by atoms with Gasteiger partial charge in [-0.1, -0.05) is 62.6 Å². The fourth-order valence-electron chi connectivity index (χ4n) is 5.18. The average molecular weight is 510 g/mol. The van der Waals surface area contributed by atoms with E-state index in [9.17, 15) is 4.79 Å². The van der Waals surface area contributed by atoms with E-state index in [1.807, 2.05) is 49.5 Å². The van der Waals surface area contributed by atoms with Crippen molar-refractivity contribution in [2.75, 3.05) is 6.61 Å². The van der Waals surface area contributed by atoms with E-state index in [1.165, 1.54) is 0 Å². The first-order chi connectivity index (χ1) is 18.7. The lowest BCUT2D eigenvalue weighted by molar-refractivity contribution is 0.337. The van der Waals surface area contributed by atoms with Crippen molar-refractivity contribution in [1.29, 1.82) is 0 Å². The molecule has 0 aliphatic heterocycles. The zero-order valence-electron chi connectivity index (χ0n) is 22.3. The normalized spacial score (nSPS) is 13.6. The van der Waals surface area contributed by atoms with Crippen LogP contribution in [0.1, 0.15) is 80.9 Å². The highest BCUT2D eigenvalue weighted by Gasteiger charge is 2.27. The number of ether oxygens (including phenoxy) is 1. The van der Waals surface area contributed by atoms with Crippen LogP contribution in [0.3, 0.4) is 0 Å². The summed E-state index contributed by atoms with van der Waals surface area (Å²) in [6.07, 6.45) is 12.8. The number of aryl methyl sites for hydroxylation is 1. The number of benzene rings is 1. The van der Waals surface area contributed by atoms with Crippen molar-refractivity contribution in [3.8, 4) is 23.0 Å². The number of unbranched alkanes of at least 4 members (excludes halogenated alkanes) is 1. The first kappa shape index (κ1) is 25.8. The molecule has 196 valence electrons. The van der Waals surface area contributed by atoms with E-state index in [-0.39, 0.29) is 11.5 Å². The number of nitrogens with zero attached hydrogens (tertiary/aromatic N) is 5. The van der Waals surface area contributed by atoms with E-state index >= 15 is 0 Å². The first-order valence-electron chi connectivity index (χ1n) is 13.8. The van der Waals surface area contributed by atoms with Gasteiger partial charge in [0.2, 0.25) is 5.95 Å². The van der Waals surface area contributed by atoms with Crippen molar-refractivity contribution in [1.82, 2.24) is 24.5 Å². The van der Waals surface area contributed by atoms with Crippen LogP contribution in [0.4, 0.5) is 0 Å². The molecule has 0 unspecified atom stereocenters. The fourth-order valence-corrected chi connectivity index (χ4v) is 5.18. The van der Waals surface area contributed by atoms with Gasteiger partial charge in [0.15, 0.2) is 5.75 Å². The molecule has 0 amide bonds. The van der Waals surface area contributed by atoms with Gasteiger partial charge in [0, 0.05) is 29.7 Å². The van der Waals surface area contributed by atoms with Gasteiger partial charge in [-0.25, -0.2) is 19.5 Å². The van der Waals surface area contributed by atoms with E-state index in [0.717, 1.165) is 73.3 Å². The maximum absolute atomic E-state index is 14.2. The number of pyridine rings is 1. The second-order valence-electron chi connectivity index (χ2n) is 9.87. The standard InChI is InChI=1S/C31H35N5O2/c1-3-5-15-28-26(18-22-16-17-27(32-19-22)23-11-7-6-8-12-23)30(37)36(29(35-28)24-13-9-10-14-24)31-33-20-25(21-34-31)38-4-2/h6-8,11-12,16-17,19-21,24H,3-5,9-10,13-15,18H2,1-2H3. The van der Waals surface area contributed by atoms with Crippen LogP contribution in [0.25, 0.3) is 17.2 Å². The molecule has 1 saturated carbocycles. The van der Waals surface area contributed by atoms with Crippen molar-refractivity contribution >= 4 is 0 Å². The van der Waals surface area contributed by atoms with E-state index in [2.05, 4.69) is 27.9 Å². The topological polar surface area (TPSA) is 82.8 Å². The van der Waals surface area contributed by atoms with Gasteiger partial charge >= 0.3 is 0 Å². The van der Waals surface area contributed by atoms with Crippen LogP contribution in [-0.4, -0.2) is 31.1 Å². The molecular weight excluding hydrogens is 474 g/mol. The third-order valence-electron chi connectivity index (χ3n) is 7.18. The summed E-state index contributed by atoms with van der Waals surface area (Å²) in [6.45, 7) is 4.62. The lowest BCUT2D eigenvalue weighted by Crippen LogP contribution is -2.31. The average Bonchev–Trinajstić information content (AvgIpc) is 3.50. The van der Waals surface area contributed by atoms with Crippen LogP contribution in [-0.2, 0) is 12.8 Å². The number of rotatable bonds is 10. The SMILES string of the molecule is CCCCc1nc(C2CCCC2)n(-c2ncc(OCC)cn2)c(=O)c1Cc1ccc(-c2ccccc2)nc1. The summed E-state index contributed by atoms with van der Waals surface area (Å²) in [5, 5.41) is 0. The molecule has 0 atom stereocenters. The van der Waals surface area contributed by atoms with Crippen molar-refractivity contribution < 1.29 is 4.74 Å². The van der Waals surface area contributed by atoms with Crippen molar-refractivity contribution in [3.05, 3.63) is 94.1 Å². The third kappa shape index (κ3) is 5.67. The lowest BCUT2D eigenvalue weighted by Gasteiger charge is -2.20.